The summed E-state index contributed by atoms with van der Waals surface area (Å²) in [7, 11) is -9.49. The average Bonchev–Trinajstić information content (AvgIpc) is 2.45. The van der Waals surface area contributed by atoms with Gasteiger partial charge in [-0.1, -0.05) is 46.4 Å². The zero-order valence-electron chi connectivity index (χ0n) is 14.0. The van der Waals surface area contributed by atoms with E-state index in [1.807, 2.05) is 0 Å². The van der Waals surface area contributed by atoms with E-state index in [2.05, 4.69) is 0 Å². The summed E-state index contributed by atoms with van der Waals surface area (Å²) in [4.78, 5) is -1.63. The Balaban J connectivity index is 0. The van der Waals surface area contributed by atoms with Crippen LogP contribution in [0.3, 0.4) is 0 Å². The Hall–Kier alpha value is 1.02. The minimum absolute atomic E-state index is 0. The quantitative estimate of drug-likeness (QED) is 0.312. The molecule has 0 amide bonds. The molecule has 0 heterocycles. The molecule has 0 atom stereocenters. The summed E-state index contributed by atoms with van der Waals surface area (Å²) < 4.78 is 63.2. The van der Waals surface area contributed by atoms with Crippen molar-refractivity contribution in [3.05, 3.63) is 44.4 Å². The van der Waals surface area contributed by atoms with Gasteiger partial charge in [-0.15, -0.1) is 0 Å². The van der Waals surface area contributed by atoms with Crippen molar-refractivity contribution in [2.24, 2.45) is 0 Å². The Morgan fingerprint density at radius 1 is 0.643 bits per heavy atom. The van der Waals surface area contributed by atoms with Crippen LogP contribution in [0.15, 0.2) is 34.1 Å². The van der Waals surface area contributed by atoms with Crippen LogP contribution in [-0.4, -0.2) is 36.2 Å². The average molecular weight is 530 g/mol. The maximum absolute atomic E-state index is 10.5. The number of hydrogen-bond donors (Lipinski definition) is 2. The fraction of sp³-hybridized carbons (Fsp3) is 0. The molecular weight excluding hydrogens is 524 g/mol. The number of hydrogen-bond acceptors (Lipinski definition) is 8. The maximum atomic E-state index is 10.5. The van der Waals surface area contributed by atoms with Gasteiger partial charge in [-0.05, 0) is 24.3 Å². The third-order valence-corrected chi connectivity index (χ3v) is 5.24. The van der Waals surface area contributed by atoms with E-state index in [9.17, 15) is 25.9 Å². The van der Waals surface area contributed by atoms with Gasteiger partial charge in [-0.3, -0.25) is 0 Å². The van der Waals surface area contributed by atoms with Crippen LogP contribution in [0, 0.1) is 0 Å². The molecule has 8 nitrogen and oxygen atoms in total. The van der Waals surface area contributed by atoms with E-state index in [0.717, 1.165) is 24.3 Å². The minimum Gasteiger partial charge on any atom is -0.744 e. The van der Waals surface area contributed by atoms with Gasteiger partial charge in [0.1, 0.15) is 20.2 Å². The zero-order valence-corrected chi connectivity index (χ0v) is 22.6. The number of phenols is 2. The Morgan fingerprint density at radius 2 is 0.893 bits per heavy atom. The molecule has 0 unspecified atom stereocenters. The van der Waals surface area contributed by atoms with Gasteiger partial charge in [-0.2, -0.15) is 0 Å². The van der Waals surface area contributed by atoms with Crippen LogP contribution in [0.25, 0.3) is 0 Å². The van der Waals surface area contributed by atoms with Crippen molar-refractivity contribution < 1.29 is 95.3 Å². The molecular formula is C12H6Cl4Na2O8S2. The molecule has 0 saturated carbocycles. The van der Waals surface area contributed by atoms with Crippen molar-refractivity contribution in [2.75, 3.05) is 0 Å². The number of aromatic hydroxyl groups is 2. The van der Waals surface area contributed by atoms with Crippen LogP contribution in [0.4, 0.5) is 0 Å². The molecule has 0 radical (unpaired) electrons. The molecule has 0 aromatic heterocycles. The van der Waals surface area contributed by atoms with Gasteiger partial charge in [-0.25, -0.2) is 16.8 Å². The van der Waals surface area contributed by atoms with Gasteiger partial charge in [0, 0.05) is 10.0 Å². The Bertz CT molecular complexity index is 976. The van der Waals surface area contributed by atoms with Gasteiger partial charge in [0.05, 0.1) is 19.8 Å². The van der Waals surface area contributed by atoms with Crippen LogP contribution in [0.5, 0.6) is 11.5 Å². The van der Waals surface area contributed by atoms with Gasteiger partial charge < -0.3 is 19.3 Å². The first-order valence-electron chi connectivity index (χ1n) is 5.92. The number of benzene rings is 2. The molecule has 16 heteroatoms. The third-order valence-electron chi connectivity index (χ3n) is 2.53. The second-order valence-corrected chi connectivity index (χ2v) is 8.76. The van der Waals surface area contributed by atoms with E-state index in [4.69, 9.17) is 56.6 Å². The summed E-state index contributed by atoms with van der Waals surface area (Å²) in [6, 6.07) is 3.94. The van der Waals surface area contributed by atoms with Gasteiger partial charge in [0.15, 0.2) is 11.5 Å². The summed E-state index contributed by atoms with van der Waals surface area (Å²) in [6.07, 6.45) is 0. The van der Waals surface area contributed by atoms with Crippen molar-refractivity contribution in [1.29, 1.82) is 0 Å². The first kappa shape index (κ1) is 31.2. The first-order valence-corrected chi connectivity index (χ1v) is 10.2. The van der Waals surface area contributed by atoms with Gasteiger partial charge >= 0.3 is 59.1 Å². The van der Waals surface area contributed by atoms with E-state index in [0.29, 0.717) is 0 Å². The molecule has 2 aromatic rings. The topological polar surface area (TPSA) is 155 Å². The molecule has 2 aromatic carbocycles. The minimum atomic E-state index is -4.75. The van der Waals surface area contributed by atoms with E-state index < -0.39 is 41.5 Å². The van der Waals surface area contributed by atoms with Gasteiger partial charge in [0.2, 0.25) is 0 Å². The normalized spacial score (nSPS) is 10.8. The van der Waals surface area contributed by atoms with Crippen LogP contribution in [0.1, 0.15) is 0 Å². The van der Waals surface area contributed by atoms with Crippen LogP contribution < -0.4 is 59.1 Å². The second-order valence-electron chi connectivity index (χ2n) is 4.38. The standard InChI is InChI=1S/2C6H4Cl2O4S.2Na/c2*7-3-1-4(8)6(9)5(2-3)13(10,11)12;;/h2*1-2,9H,(H,10,11,12);;/q;;2*+1/p-2. The molecule has 0 fully saturated rings. The smallest absolute Gasteiger partial charge is 0.744 e. The van der Waals surface area contributed by atoms with E-state index in [-0.39, 0.29) is 79.2 Å². The number of rotatable bonds is 2. The summed E-state index contributed by atoms with van der Waals surface area (Å²) in [5.74, 6) is -1.55. The van der Waals surface area contributed by atoms with Crippen molar-refractivity contribution in [3.8, 4) is 11.5 Å². The molecule has 0 aliphatic carbocycles. The van der Waals surface area contributed by atoms with E-state index in [1.165, 1.54) is 0 Å². The predicted octanol–water partition coefficient (Wildman–Crippen LogP) is -2.79. The van der Waals surface area contributed by atoms with Crippen LogP contribution >= 0.6 is 46.4 Å². The molecule has 2 rings (SSSR count). The second kappa shape index (κ2) is 12.2. The third kappa shape index (κ3) is 9.03. The molecule has 144 valence electrons. The number of phenolic OH excluding ortho intramolecular Hbond substituents is 2. The molecule has 0 spiro atoms. The maximum Gasteiger partial charge on any atom is 1.00 e. The fourth-order valence-electron chi connectivity index (χ4n) is 1.47. The first-order chi connectivity index (χ1) is 11.6. The van der Waals surface area contributed by atoms with E-state index >= 15 is 0 Å². The summed E-state index contributed by atoms with van der Waals surface area (Å²) in [6.45, 7) is 0. The monoisotopic (exact) mass is 528 g/mol. The SMILES string of the molecule is O=S(=O)([O-])c1cc(Cl)cc(Cl)c1O.O=S(=O)([O-])c1cc(Cl)cc(Cl)c1O.[Na+].[Na+]. The zero-order chi connectivity index (χ0) is 20.4. The van der Waals surface area contributed by atoms with Crippen LogP contribution in [-0.2, 0) is 20.2 Å². The fourth-order valence-corrected chi connectivity index (χ4v) is 3.93. The largest absolute Gasteiger partial charge is 1.00 e. The van der Waals surface area contributed by atoms with Crippen molar-refractivity contribution >= 4 is 66.6 Å². The van der Waals surface area contributed by atoms with Crippen molar-refractivity contribution in [2.45, 2.75) is 9.79 Å². The van der Waals surface area contributed by atoms with Crippen molar-refractivity contribution in [1.82, 2.24) is 0 Å². The predicted molar refractivity (Wildman–Crippen MR) is 92.2 cm³/mol. The van der Waals surface area contributed by atoms with Gasteiger partial charge in [0.25, 0.3) is 0 Å². The molecule has 0 saturated heterocycles. The number of halogens is 4. The van der Waals surface area contributed by atoms with Crippen molar-refractivity contribution in [3.63, 3.8) is 0 Å². The Labute approximate surface area is 224 Å². The summed E-state index contributed by atoms with van der Waals surface area (Å²) in [5, 5.41) is 17.6. The molecule has 0 aliphatic rings. The Morgan fingerprint density at radius 3 is 1.11 bits per heavy atom. The summed E-state index contributed by atoms with van der Waals surface area (Å²) >= 11 is 21.6. The van der Waals surface area contributed by atoms with E-state index in [1.54, 1.807) is 0 Å². The molecule has 28 heavy (non-hydrogen) atoms. The molecule has 0 aliphatic heterocycles. The molecule has 0 bridgehead atoms. The Kier molecular flexibility index (Phi) is 13.6. The summed E-state index contributed by atoms with van der Waals surface area (Å²) in [5.41, 5.74) is 0. The molecule has 2 N–H and O–H groups in total. The van der Waals surface area contributed by atoms with Crippen LogP contribution in [0.2, 0.25) is 20.1 Å².